The fourth-order valence-electron chi connectivity index (χ4n) is 2.45. The molecule has 0 radical (unpaired) electrons. The molecule has 1 heterocycles. The normalized spacial score (nSPS) is 21.5. The van der Waals surface area contributed by atoms with E-state index in [1.165, 1.54) is 12.8 Å². The van der Waals surface area contributed by atoms with Gasteiger partial charge in [0.05, 0.1) is 0 Å². The number of likely N-dealkylation sites (tertiary alicyclic amines) is 1. The Balaban J connectivity index is 2.30. The maximum absolute atomic E-state index is 11.7. The largest absolute Gasteiger partial charge is 0.356 e. The molecule has 1 aliphatic rings. The van der Waals surface area contributed by atoms with Gasteiger partial charge in [-0.1, -0.05) is 13.8 Å². The molecule has 2 unspecified atom stereocenters. The minimum atomic E-state index is 0.106. The first-order valence-corrected chi connectivity index (χ1v) is 7.81. The summed E-state index contributed by atoms with van der Waals surface area (Å²) in [5.41, 5.74) is 0. The van der Waals surface area contributed by atoms with Gasteiger partial charge in [0.25, 0.3) is 0 Å². The predicted molar refractivity (Wildman–Crippen MR) is 83.8 cm³/mol. The number of carbonyl (C=O) groups is 1. The van der Waals surface area contributed by atoms with Crippen LogP contribution in [0.25, 0.3) is 0 Å². The number of aliphatic imine (C=N–C) groups is 1. The van der Waals surface area contributed by atoms with E-state index >= 15 is 0 Å². The van der Waals surface area contributed by atoms with Gasteiger partial charge in [0.15, 0.2) is 5.96 Å². The molecule has 0 aromatic rings. The van der Waals surface area contributed by atoms with Crippen molar-refractivity contribution in [2.24, 2.45) is 10.9 Å². The van der Waals surface area contributed by atoms with Gasteiger partial charge in [0, 0.05) is 39.1 Å². The number of nitrogens with zero attached hydrogens (tertiary/aromatic N) is 2. The molecule has 5 heteroatoms. The first-order chi connectivity index (χ1) is 9.56. The van der Waals surface area contributed by atoms with E-state index in [1.807, 2.05) is 6.92 Å². The van der Waals surface area contributed by atoms with Gasteiger partial charge in [-0.3, -0.25) is 9.79 Å². The van der Waals surface area contributed by atoms with E-state index in [-0.39, 0.29) is 11.9 Å². The van der Waals surface area contributed by atoms with Crippen LogP contribution in [0.5, 0.6) is 0 Å². The molecule has 1 rings (SSSR count). The molecule has 1 amide bonds. The zero-order valence-corrected chi connectivity index (χ0v) is 13.4. The minimum Gasteiger partial charge on any atom is -0.356 e. The van der Waals surface area contributed by atoms with E-state index in [4.69, 9.17) is 0 Å². The zero-order chi connectivity index (χ0) is 15.0. The fourth-order valence-corrected chi connectivity index (χ4v) is 2.45. The maximum Gasteiger partial charge on any atom is 0.221 e. The Morgan fingerprint density at radius 2 is 2.25 bits per heavy atom. The number of carbonyl (C=O) groups excluding carboxylic acids is 1. The van der Waals surface area contributed by atoms with Gasteiger partial charge in [-0.15, -0.1) is 0 Å². The van der Waals surface area contributed by atoms with E-state index in [2.05, 4.69) is 34.4 Å². The average molecular weight is 282 g/mol. The summed E-state index contributed by atoms with van der Waals surface area (Å²) in [7, 11) is 1.81. The quantitative estimate of drug-likeness (QED) is 0.595. The van der Waals surface area contributed by atoms with Gasteiger partial charge in [-0.05, 0) is 32.1 Å². The summed E-state index contributed by atoms with van der Waals surface area (Å²) in [6.07, 6.45) is 3.97. The highest BCUT2D eigenvalue weighted by Crippen LogP contribution is 2.15. The summed E-state index contributed by atoms with van der Waals surface area (Å²) < 4.78 is 0. The van der Waals surface area contributed by atoms with Crippen LogP contribution in [-0.4, -0.2) is 49.5 Å². The number of hydrogen-bond donors (Lipinski definition) is 2. The van der Waals surface area contributed by atoms with Crippen LogP contribution in [0.1, 0.15) is 46.5 Å². The van der Waals surface area contributed by atoms with Gasteiger partial charge in [0.2, 0.25) is 5.91 Å². The third-order valence-corrected chi connectivity index (χ3v) is 3.82. The van der Waals surface area contributed by atoms with Crippen molar-refractivity contribution in [2.75, 3.05) is 26.7 Å². The van der Waals surface area contributed by atoms with Crippen LogP contribution in [0.2, 0.25) is 0 Å². The van der Waals surface area contributed by atoms with E-state index in [1.54, 1.807) is 7.05 Å². The molecule has 0 aromatic carbocycles. The third kappa shape index (κ3) is 5.80. The number of amides is 1. The zero-order valence-electron chi connectivity index (χ0n) is 13.4. The van der Waals surface area contributed by atoms with Crippen molar-refractivity contribution >= 4 is 11.9 Å². The Morgan fingerprint density at radius 3 is 2.85 bits per heavy atom. The highest BCUT2D eigenvalue weighted by Gasteiger charge is 2.19. The lowest BCUT2D eigenvalue weighted by molar-refractivity contribution is -0.121. The van der Waals surface area contributed by atoms with Crippen molar-refractivity contribution in [1.82, 2.24) is 15.5 Å². The molecular formula is C15H30N4O. The van der Waals surface area contributed by atoms with Gasteiger partial charge in [0.1, 0.15) is 0 Å². The second-order valence-corrected chi connectivity index (χ2v) is 5.79. The summed E-state index contributed by atoms with van der Waals surface area (Å²) in [6, 6.07) is 0.254. The van der Waals surface area contributed by atoms with E-state index in [0.29, 0.717) is 13.0 Å². The smallest absolute Gasteiger partial charge is 0.221 e. The number of nitrogens with one attached hydrogen (secondary N) is 2. The Labute approximate surface area is 123 Å². The second kappa shape index (κ2) is 8.82. The molecule has 2 N–H and O–H groups in total. The molecule has 1 fully saturated rings. The lowest BCUT2D eigenvalue weighted by Gasteiger charge is -2.33. The molecule has 0 saturated carbocycles. The van der Waals surface area contributed by atoms with E-state index in [9.17, 15) is 4.79 Å². The van der Waals surface area contributed by atoms with Crippen LogP contribution >= 0.6 is 0 Å². The fraction of sp³-hybridized carbons (Fsp3) is 0.867. The van der Waals surface area contributed by atoms with Gasteiger partial charge in [-0.2, -0.15) is 0 Å². The summed E-state index contributed by atoms with van der Waals surface area (Å²) in [4.78, 5) is 18.3. The Kier molecular flexibility index (Phi) is 7.41. The Bertz CT molecular complexity index is 330. The molecule has 0 aromatic heterocycles. The topological polar surface area (TPSA) is 56.7 Å². The lowest BCUT2D eigenvalue weighted by Crippen LogP contribution is -2.47. The van der Waals surface area contributed by atoms with Crippen molar-refractivity contribution in [1.29, 1.82) is 0 Å². The number of piperidine rings is 1. The highest BCUT2D eigenvalue weighted by atomic mass is 16.1. The predicted octanol–water partition coefficient (Wildman–Crippen LogP) is 1.60. The SMILES string of the molecule is CCC(C)NC(=O)CCNC(=NC)N1CCCC(C)C1. The van der Waals surface area contributed by atoms with Crippen LogP contribution in [0.3, 0.4) is 0 Å². The Hall–Kier alpha value is -1.26. The molecule has 1 aliphatic heterocycles. The average Bonchev–Trinajstić information content (AvgIpc) is 2.43. The third-order valence-electron chi connectivity index (χ3n) is 3.82. The molecule has 20 heavy (non-hydrogen) atoms. The standard InChI is InChI=1S/C15H30N4O/c1-5-13(3)18-14(20)8-9-17-15(16-4)19-10-6-7-12(2)11-19/h12-13H,5-11H2,1-4H3,(H,16,17)(H,18,20). The first-order valence-electron chi connectivity index (χ1n) is 7.81. The summed E-state index contributed by atoms with van der Waals surface area (Å²) >= 11 is 0. The molecule has 0 bridgehead atoms. The van der Waals surface area contributed by atoms with Crippen LogP contribution < -0.4 is 10.6 Å². The molecule has 5 nitrogen and oxygen atoms in total. The van der Waals surface area contributed by atoms with Crippen LogP contribution in [0.15, 0.2) is 4.99 Å². The number of rotatable bonds is 5. The van der Waals surface area contributed by atoms with Crippen molar-refractivity contribution in [3.05, 3.63) is 0 Å². The van der Waals surface area contributed by atoms with Crippen molar-refractivity contribution in [2.45, 2.75) is 52.5 Å². The molecule has 2 atom stereocenters. The molecular weight excluding hydrogens is 252 g/mol. The highest BCUT2D eigenvalue weighted by molar-refractivity contribution is 5.81. The number of guanidine groups is 1. The van der Waals surface area contributed by atoms with Crippen molar-refractivity contribution in [3.63, 3.8) is 0 Å². The molecule has 0 spiro atoms. The maximum atomic E-state index is 11.7. The van der Waals surface area contributed by atoms with Crippen LogP contribution in [0, 0.1) is 5.92 Å². The molecule has 0 aliphatic carbocycles. The first kappa shape index (κ1) is 16.8. The molecule has 116 valence electrons. The van der Waals surface area contributed by atoms with Crippen molar-refractivity contribution in [3.8, 4) is 0 Å². The summed E-state index contributed by atoms with van der Waals surface area (Å²) in [6.45, 7) is 9.13. The minimum absolute atomic E-state index is 0.106. The lowest BCUT2D eigenvalue weighted by atomic mass is 10.0. The van der Waals surface area contributed by atoms with Crippen LogP contribution in [-0.2, 0) is 4.79 Å². The second-order valence-electron chi connectivity index (χ2n) is 5.79. The van der Waals surface area contributed by atoms with E-state index < -0.39 is 0 Å². The Morgan fingerprint density at radius 1 is 1.50 bits per heavy atom. The van der Waals surface area contributed by atoms with E-state index in [0.717, 1.165) is 31.4 Å². The summed E-state index contributed by atoms with van der Waals surface area (Å²) in [5, 5.41) is 6.27. The molecule has 1 saturated heterocycles. The van der Waals surface area contributed by atoms with Crippen LogP contribution in [0.4, 0.5) is 0 Å². The van der Waals surface area contributed by atoms with Gasteiger partial charge in [-0.25, -0.2) is 0 Å². The van der Waals surface area contributed by atoms with Gasteiger partial charge >= 0.3 is 0 Å². The number of hydrogen-bond acceptors (Lipinski definition) is 2. The summed E-state index contributed by atoms with van der Waals surface area (Å²) in [5.74, 6) is 1.75. The van der Waals surface area contributed by atoms with Crippen molar-refractivity contribution < 1.29 is 4.79 Å². The monoisotopic (exact) mass is 282 g/mol. The van der Waals surface area contributed by atoms with Gasteiger partial charge < -0.3 is 15.5 Å².